The maximum Gasteiger partial charge on any atom is 0.285 e. The van der Waals surface area contributed by atoms with E-state index in [9.17, 15) is 8.42 Å². The number of hydrogen-bond donors (Lipinski definition) is 1. The Kier molecular flexibility index (Phi) is 4.23. The first-order valence-corrected chi connectivity index (χ1v) is 10.0. The third-order valence-electron chi connectivity index (χ3n) is 4.49. The Morgan fingerprint density at radius 3 is 2.58 bits per heavy atom. The summed E-state index contributed by atoms with van der Waals surface area (Å²) in [5.41, 5.74) is 0.692. The van der Waals surface area contributed by atoms with E-state index in [2.05, 4.69) is 24.6 Å². The lowest BCUT2D eigenvalue weighted by atomic mass is 10.1. The van der Waals surface area contributed by atoms with E-state index < -0.39 is 10.0 Å². The van der Waals surface area contributed by atoms with Crippen LogP contribution in [0.3, 0.4) is 0 Å². The number of piperazine rings is 1. The first kappa shape index (κ1) is 16.8. The maximum atomic E-state index is 12.2. The molecule has 1 fully saturated rings. The summed E-state index contributed by atoms with van der Waals surface area (Å²) < 4.78 is 28.5. The van der Waals surface area contributed by atoms with Crippen LogP contribution in [0.1, 0.15) is 12.5 Å². The SMILES string of the molecule is CCNc1nccc(N2CCN(C3=NS(=O)(=O)c4ccccc43)CC2)n1. The number of rotatable bonds is 3. The molecule has 2 aliphatic heterocycles. The normalized spacial score (nSPS) is 18.4. The minimum atomic E-state index is -3.58. The van der Waals surface area contributed by atoms with Gasteiger partial charge >= 0.3 is 0 Å². The van der Waals surface area contributed by atoms with E-state index >= 15 is 0 Å². The number of nitrogens with zero attached hydrogens (tertiary/aromatic N) is 5. The molecule has 0 unspecified atom stereocenters. The number of hydrogen-bond acceptors (Lipinski definition) is 7. The van der Waals surface area contributed by atoms with Crippen LogP contribution in [0.5, 0.6) is 0 Å². The number of sulfonamides is 1. The summed E-state index contributed by atoms with van der Waals surface area (Å²) >= 11 is 0. The molecular formula is C17H20N6O2S. The van der Waals surface area contributed by atoms with E-state index in [1.807, 2.05) is 30.0 Å². The topological polar surface area (TPSA) is 90.8 Å². The van der Waals surface area contributed by atoms with Crippen LogP contribution >= 0.6 is 0 Å². The fraction of sp³-hybridized carbons (Fsp3) is 0.353. The van der Waals surface area contributed by atoms with Gasteiger partial charge in [-0.25, -0.2) is 4.98 Å². The van der Waals surface area contributed by atoms with Crippen LogP contribution in [0.4, 0.5) is 11.8 Å². The molecule has 0 spiro atoms. The number of amidine groups is 1. The summed E-state index contributed by atoms with van der Waals surface area (Å²) in [6.07, 6.45) is 1.75. The van der Waals surface area contributed by atoms with Gasteiger partial charge in [-0.1, -0.05) is 12.1 Å². The second kappa shape index (κ2) is 6.56. The highest BCUT2D eigenvalue weighted by molar-refractivity contribution is 7.90. The van der Waals surface area contributed by atoms with Gasteiger partial charge in [0.2, 0.25) is 5.95 Å². The van der Waals surface area contributed by atoms with Crippen molar-refractivity contribution in [1.82, 2.24) is 14.9 Å². The fourth-order valence-corrected chi connectivity index (χ4v) is 4.46. The average Bonchev–Trinajstić information content (AvgIpc) is 2.94. The molecule has 1 saturated heterocycles. The van der Waals surface area contributed by atoms with Crippen molar-refractivity contribution in [3.8, 4) is 0 Å². The van der Waals surface area contributed by atoms with Crippen molar-refractivity contribution in [2.75, 3.05) is 42.9 Å². The van der Waals surface area contributed by atoms with E-state index in [1.54, 1.807) is 18.3 Å². The first-order chi connectivity index (χ1) is 12.6. The van der Waals surface area contributed by atoms with Gasteiger partial charge in [-0.2, -0.15) is 13.4 Å². The predicted molar refractivity (Wildman–Crippen MR) is 100 cm³/mol. The van der Waals surface area contributed by atoms with Gasteiger partial charge in [0.25, 0.3) is 10.0 Å². The quantitative estimate of drug-likeness (QED) is 0.865. The van der Waals surface area contributed by atoms with Crippen LogP contribution in [-0.4, -0.2) is 61.8 Å². The van der Waals surface area contributed by atoms with Crippen LogP contribution < -0.4 is 10.2 Å². The van der Waals surface area contributed by atoms with Gasteiger partial charge in [-0.15, -0.1) is 4.40 Å². The molecule has 3 heterocycles. The predicted octanol–water partition coefficient (Wildman–Crippen LogP) is 1.18. The molecule has 0 radical (unpaired) electrons. The molecule has 8 nitrogen and oxygen atoms in total. The zero-order valence-electron chi connectivity index (χ0n) is 14.5. The average molecular weight is 372 g/mol. The maximum absolute atomic E-state index is 12.2. The molecule has 0 amide bonds. The highest BCUT2D eigenvalue weighted by atomic mass is 32.2. The Balaban J connectivity index is 1.50. The van der Waals surface area contributed by atoms with Crippen LogP contribution in [0.15, 0.2) is 45.8 Å². The molecule has 4 rings (SSSR count). The monoisotopic (exact) mass is 372 g/mol. The lowest BCUT2D eigenvalue weighted by Gasteiger charge is -2.36. The smallest absolute Gasteiger partial charge is 0.285 e. The lowest BCUT2D eigenvalue weighted by molar-refractivity contribution is 0.386. The van der Waals surface area contributed by atoms with E-state index in [0.717, 1.165) is 25.5 Å². The zero-order valence-corrected chi connectivity index (χ0v) is 15.3. The Bertz CT molecular complexity index is 951. The van der Waals surface area contributed by atoms with Crippen molar-refractivity contribution in [3.63, 3.8) is 0 Å². The highest BCUT2D eigenvalue weighted by Crippen LogP contribution is 2.28. The minimum Gasteiger partial charge on any atom is -0.354 e. The van der Waals surface area contributed by atoms with E-state index in [0.29, 0.717) is 35.3 Å². The third kappa shape index (κ3) is 2.98. The molecule has 1 aromatic carbocycles. The van der Waals surface area contributed by atoms with Gasteiger partial charge in [0.1, 0.15) is 10.7 Å². The molecule has 1 aromatic heterocycles. The van der Waals surface area contributed by atoms with E-state index in [-0.39, 0.29) is 0 Å². The standard InChI is InChI=1S/C17H20N6O2S/c1-2-18-17-19-8-7-15(20-17)22-9-11-23(12-10-22)16-13-5-3-4-6-14(13)26(24,25)21-16/h3-8H,2,9-12H2,1H3,(H,18,19,20). The molecule has 9 heteroatoms. The first-order valence-electron chi connectivity index (χ1n) is 8.59. The highest BCUT2D eigenvalue weighted by Gasteiger charge is 2.33. The zero-order chi connectivity index (χ0) is 18.1. The van der Waals surface area contributed by atoms with Gasteiger partial charge in [0, 0.05) is 44.5 Å². The second-order valence-corrected chi connectivity index (χ2v) is 7.70. The second-order valence-electron chi connectivity index (χ2n) is 6.13. The Morgan fingerprint density at radius 1 is 1.08 bits per heavy atom. The van der Waals surface area contributed by atoms with Crippen LogP contribution in [0, 0.1) is 0 Å². The van der Waals surface area contributed by atoms with E-state index in [1.165, 1.54) is 0 Å². The molecule has 1 N–H and O–H groups in total. The number of anilines is 2. The summed E-state index contributed by atoms with van der Waals surface area (Å²) in [7, 11) is -3.58. The lowest BCUT2D eigenvalue weighted by Crippen LogP contribution is -2.49. The van der Waals surface area contributed by atoms with Gasteiger partial charge in [0.15, 0.2) is 5.84 Å². The van der Waals surface area contributed by atoms with Crippen LogP contribution in [0.25, 0.3) is 0 Å². The van der Waals surface area contributed by atoms with Crippen molar-refractivity contribution in [2.45, 2.75) is 11.8 Å². The number of fused-ring (bicyclic) bond motifs is 1. The molecule has 2 aromatic rings. The summed E-state index contributed by atoms with van der Waals surface area (Å²) in [6, 6.07) is 8.89. The number of benzene rings is 1. The number of aromatic nitrogens is 2. The Labute approximate surface area is 152 Å². The molecular weight excluding hydrogens is 352 g/mol. The van der Waals surface area contributed by atoms with Gasteiger partial charge < -0.3 is 15.1 Å². The van der Waals surface area contributed by atoms with E-state index in [4.69, 9.17) is 0 Å². The van der Waals surface area contributed by atoms with Crippen molar-refractivity contribution in [2.24, 2.45) is 4.40 Å². The molecule has 0 bridgehead atoms. The van der Waals surface area contributed by atoms with Crippen molar-refractivity contribution in [3.05, 3.63) is 42.1 Å². The van der Waals surface area contributed by atoms with Gasteiger partial charge in [-0.3, -0.25) is 0 Å². The minimum absolute atomic E-state index is 0.295. The summed E-state index contributed by atoms with van der Waals surface area (Å²) in [4.78, 5) is 13.2. The summed E-state index contributed by atoms with van der Waals surface area (Å²) in [6.45, 7) is 5.62. The Hall–Kier alpha value is -2.68. The third-order valence-corrected chi connectivity index (χ3v) is 5.82. The van der Waals surface area contributed by atoms with Gasteiger partial charge in [0.05, 0.1) is 0 Å². The molecule has 136 valence electrons. The van der Waals surface area contributed by atoms with Gasteiger partial charge in [-0.05, 0) is 25.1 Å². The van der Waals surface area contributed by atoms with Crippen LogP contribution in [-0.2, 0) is 10.0 Å². The van der Waals surface area contributed by atoms with Crippen molar-refractivity contribution < 1.29 is 8.42 Å². The van der Waals surface area contributed by atoms with Crippen LogP contribution in [0.2, 0.25) is 0 Å². The van der Waals surface area contributed by atoms with Crippen molar-refractivity contribution in [1.29, 1.82) is 0 Å². The summed E-state index contributed by atoms with van der Waals surface area (Å²) in [5.74, 6) is 2.04. The molecule has 26 heavy (non-hydrogen) atoms. The molecule has 2 aliphatic rings. The molecule has 0 saturated carbocycles. The molecule has 0 aliphatic carbocycles. The Morgan fingerprint density at radius 2 is 1.81 bits per heavy atom. The van der Waals surface area contributed by atoms with Crippen molar-refractivity contribution >= 4 is 27.6 Å². The molecule has 0 atom stereocenters. The summed E-state index contributed by atoms with van der Waals surface area (Å²) in [5, 5.41) is 3.12. The number of nitrogens with one attached hydrogen (secondary N) is 1. The fourth-order valence-electron chi connectivity index (χ4n) is 3.23. The largest absolute Gasteiger partial charge is 0.354 e.